The first-order chi connectivity index (χ1) is 14.3. The van der Waals surface area contributed by atoms with Crippen molar-refractivity contribution in [2.24, 2.45) is 5.92 Å². The molecule has 0 spiro atoms. The maximum absolute atomic E-state index is 12.6. The van der Waals surface area contributed by atoms with E-state index in [2.05, 4.69) is 20.6 Å². The van der Waals surface area contributed by atoms with Crippen LogP contribution in [0.4, 0.5) is 18.9 Å². The lowest BCUT2D eigenvalue weighted by Gasteiger charge is -2.09. The predicted octanol–water partition coefficient (Wildman–Crippen LogP) is 3.83. The number of aromatic amines is 1. The van der Waals surface area contributed by atoms with E-state index >= 15 is 0 Å². The molecule has 3 aromatic rings. The number of imidazole rings is 1. The SMILES string of the molecule is O=C(C[C@H]1C[C@H]1c1nc2ccccc2[nH]1)NCC(=O)Nc1ccc(C(F)(F)F)cc1. The van der Waals surface area contributed by atoms with Crippen LogP contribution in [-0.2, 0) is 15.8 Å². The fourth-order valence-corrected chi connectivity index (χ4v) is 3.39. The molecule has 2 amide bonds. The second kappa shape index (κ2) is 7.81. The molecule has 0 bridgehead atoms. The van der Waals surface area contributed by atoms with E-state index < -0.39 is 17.6 Å². The number of halogens is 3. The average molecular weight is 416 g/mol. The lowest BCUT2D eigenvalue weighted by Crippen LogP contribution is -2.33. The van der Waals surface area contributed by atoms with Crippen LogP contribution in [0, 0.1) is 5.92 Å². The van der Waals surface area contributed by atoms with E-state index in [1.807, 2.05) is 24.3 Å². The van der Waals surface area contributed by atoms with Gasteiger partial charge in [0.2, 0.25) is 11.8 Å². The Kier molecular flexibility index (Phi) is 5.19. The maximum atomic E-state index is 12.6. The molecule has 2 aromatic carbocycles. The summed E-state index contributed by atoms with van der Waals surface area (Å²) in [4.78, 5) is 31.9. The number of H-pyrrole nitrogens is 1. The molecular weight excluding hydrogens is 397 g/mol. The molecule has 0 aliphatic heterocycles. The molecule has 156 valence electrons. The molecule has 1 heterocycles. The van der Waals surface area contributed by atoms with Gasteiger partial charge in [-0.25, -0.2) is 4.98 Å². The third-order valence-corrected chi connectivity index (χ3v) is 5.07. The Hall–Kier alpha value is -3.36. The molecule has 2 atom stereocenters. The summed E-state index contributed by atoms with van der Waals surface area (Å²) >= 11 is 0. The van der Waals surface area contributed by atoms with Crippen LogP contribution >= 0.6 is 0 Å². The fraction of sp³-hybridized carbons (Fsp3) is 0.286. The van der Waals surface area contributed by atoms with Crippen molar-refractivity contribution in [1.82, 2.24) is 15.3 Å². The zero-order valence-corrected chi connectivity index (χ0v) is 15.8. The summed E-state index contributed by atoms with van der Waals surface area (Å²) in [5.41, 5.74) is 1.29. The van der Waals surface area contributed by atoms with Crippen molar-refractivity contribution in [3.8, 4) is 0 Å². The summed E-state index contributed by atoms with van der Waals surface area (Å²) < 4.78 is 37.7. The second-order valence-electron chi connectivity index (χ2n) is 7.35. The molecule has 4 rings (SSSR count). The highest BCUT2D eigenvalue weighted by molar-refractivity contribution is 5.94. The standard InChI is InChI=1S/C21H19F3N4O2/c22-21(23,24)13-5-7-14(8-6-13)26-19(30)11-25-18(29)10-12-9-15(12)20-27-16-3-1-2-4-17(16)28-20/h1-8,12,15H,9-11H2,(H,25,29)(H,26,30)(H,27,28)/t12-,15-/m1/s1. The number of benzene rings is 2. The molecule has 0 unspecified atom stereocenters. The van der Waals surface area contributed by atoms with Crippen LogP contribution in [-0.4, -0.2) is 28.3 Å². The Morgan fingerprint density at radius 3 is 2.50 bits per heavy atom. The molecule has 30 heavy (non-hydrogen) atoms. The average Bonchev–Trinajstić information content (AvgIpc) is 3.32. The van der Waals surface area contributed by atoms with E-state index in [1.54, 1.807) is 0 Å². The number of alkyl halides is 3. The van der Waals surface area contributed by atoms with Crippen molar-refractivity contribution in [2.75, 3.05) is 11.9 Å². The number of rotatable bonds is 6. The monoisotopic (exact) mass is 416 g/mol. The molecule has 1 saturated carbocycles. The molecule has 9 heteroatoms. The largest absolute Gasteiger partial charge is 0.416 e. The quantitative estimate of drug-likeness (QED) is 0.571. The minimum atomic E-state index is -4.43. The van der Waals surface area contributed by atoms with Gasteiger partial charge in [-0.3, -0.25) is 9.59 Å². The summed E-state index contributed by atoms with van der Waals surface area (Å²) in [5, 5.41) is 5.01. The van der Waals surface area contributed by atoms with Gasteiger partial charge in [-0.05, 0) is 48.7 Å². The maximum Gasteiger partial charge on any atom is 0.416 e. The molecule has 1 fully saturated rings. The molecular formula is C21H19F3N4O2. The van der Waals surface area contributed by atoms with Crippen LogP contribution in [0.5, 0.6) is 0 Å². The van der Waals surface area contributed by atoms with Gasteiger partial charge in [-0.2, -0.15) is 13.2 Å². The van der Waals surface area contributed by atoms with E-state index in [0.717, 1.165) is 35.4 Å². The first-order valence-corrected chi connectivity index (χ1v) is 9.48. The smallest absolute Gasteiger partial charge is 0.347 e. The Bertz CT molecular complexity index is 1040. The molecule has 1 aliphatic rings. The van der Waals surface area contributed by atoms with Crippen LogP contribution in [0.2, 0.25) is 0 Å². The zero-order chi connectivity index (χ0) is 21.3. The van der Waals surface area contributed by atoms with Gasteiger partial charge in [0.05, 0.1) is 23.1 Å². The van der Waals surface area contributed by atoms with Crippen LogP contribution in [0.25, 0.3) is 11.0 Å². The Balaban J connectivity index is 1.22. The fourth-order valence-electron chi connectivity index (χ4n) is 3.39. The van der Waals surface area contributed by atoms with Gasteiger partial charge in [0, 0.05) is 18.0 Å². The Morgan fingerprint density at radius 2 is 1.80 bits per heavy atom. The van der Waals surface area contributed by atoms with Gasteiger partial charge in [0.1, 0.15) is 5.82 Å². The van der Waals surface area contributed by atoms with Crippen molar-refractivity contribution >= 4 is 28.5 Å². The highest BCUT2D eigenvalue weighted by Crippen LogP contribution is 2.48. The second-order valence-corrected chi connectivity index (χ2v) is 7.35. The number of nitrogens with one attached hydrogen (secondary N) is 3. The van der Waals surface area contributed by atoms with Crippen molar-refractivity contribution in [2.45, 2.75) is 24.9 Å². The summed E-state index contributed by atoms with van der Waals surface area (Å²) in [6.45, 7) is -0.248. The number of hydrogen-bond donors (Lipinski definition) is 3. The number of fused-ring (bicyclic) bond motifs is 1. The van der Waals surface area contributed by atoms with Gasteiger partial charge in [-0.15, -0.1) is 0 Å². The van der Waals surface area contributed by atoms with Crippen molar-refractivity contribution < 1.29 is 22.8 Å². The summed E-state index contributed by atoms with van der Waals surface area (Å²) in [6, 6.07) is 11.8. The Morgan fingerprint density at radius 1 is 1.07 bits per heavy atom. The van der Waals surface area contributed by atoms with Crippen LogP contribution < -0.4 is 10.6 Å². The number of hydrogen-bond acceptors (Lipinski definition) is 3. The van der Waals surface area contributed by atoms with Gasteiger partial charge in [0.25, 0.3) is 0 Å². The van der Waals surface area contributed by atoms with E-state index in [0.29, 0.717) is 0 Å². The first-order valence-electron chi connectivity index (χ1n) is 9.48. The molecule has 1 aromatic heterocycles. The molecule has 0 radical (unpaired) electrons. The number of carbonyl (C=O) groups excluding carboxylic acids is 2. The van der Waals surface area contributed by atoms with Crippen LogP contribution in [0.3, 0.4) is 0 Å². The highest BCUT2D eigenvalue weighted by Gasteiger charge is 2.41. The highest BCUT2D eigenvalue weighted by atomic mass is 19.4. The van der Waals surface area contributed by atoms with Gasteiger partial charge < -0.3 is 15.6 Å². The van der Waals surface area contributed by atoms with Crippen molar-refractivity contribution in [3.05, 3.63) is 59.9 Å². The number of nitrogens with zero attached hydrogens (tertiary/aromatic N) is 1. The van der Waals surface area contributed by atoms with Crippen molar-refractivity contribution in [3.63, 3.8) is 0 Å². The van der Waals surface area contributed by atoms with Gasteiger partial charge in [-0.1, -0.05) is 12.1 Å². The van der Waals surface area contributed by atoms with Crippen LogP contribution in [0.15, 0.2) is 48.5 Å². The third-order valence-electron chi connectivity index (χ3n) is 5.07. The minimum Gasteiger partial charge on any atom is -0.347 e. The summed E-state index contributed by atoms with van der Waals surface area (Å²) in [7, 11) is 0. The molecule has 3 N–H and O–H groups in total. The molecule has 0 saturated heterocycles. The Labute approximate surface area is 169 Å². The van der Waals surface area contributed by atoms with E-state index in [-0.39, 0.29) is 36.4 Å². The normalized spacial score (nSPS) is 18.2. The number of anilines is 1. The van der Waals surface area contributed by atoms with Gasteiger partial charge in [0.15, 0.2) is 0 Å². The lowest BCUT2D eigenvalue weighted by molar-refractivity contribution is -0.137. The topological polar surface area (TPSA) is 86.9 Å². The molecule has 6 nitrogen and oxygen atoms in total. The number of carbonyl (C=O) groups is 2. The zero-order valence-electron chi connectivity index (χ0n) is 15.8. The van der Waals surface area contributed by atoms with Crippen molar-refractivity contribution in [1.29, 1.82) is 0 Å². The van der Waals surface area contributed by atoms with Gasteiger partial charge >= 0.3 is 6.18 Å². The van der Waals surface area contributed by atoms with E-state index in [1.165, 1.54) is 12.1 Å². The number of aromatic nitrogens is 2. The first kappa shape index (κ1) is 19.9. The summed E-state index contributed by atoms with van der Waals surface area (Å²) in [6.07, 6.45) is -3.29. The van der Waals surface area contributed by atoms with E-state index in [9.17, 15) is 22.8 Å². The number of para-hydroxylation sites is 2. The number of amides is 2. The predicted molar refractivity (Wildman–Crippen MR) is 105 cm³/mol. The minimum absolute atomic E-state index is 0.170. The lowest BCUT2D eigenvalue weighted by atomic mass is 10.2. The van der Waals surface area contributed by atoms with E-state index in [4.69, 9.17) is 0 Å². The third kappa shape index (κ3) is 4.61. The summed E-state index contributed by atoms with van der Waals surface area (Å²) in [5.74, 6) is 0.482. The molecule has 1 aliphatic carbocycles. The van der Waals surface area contributed by atoms with Crippen LogP contribution in [0.1, 0.15) is 30.1 Å².